The van der Waals surface area contributed by atoms with Crippen LogP contribution in [-0.2, 0) is 24.2 Å². The van der Waals surface area contributed by atoms with Gasteiger partial charge in [-0.3, -0.25) is 14.2 Å². The van der Waals surface area contributed by atoms with Gasteiger partial charge >= 0.3 is 0 Å². The van der Waals surface area contributed by atoms with Crippen LogP contribution in [0.25, 0.3) is 10.2 Å². The summed E-state index contributed by atoms with van der Waals surface area (Å²) in [6, 6.07) is 0. The number of rotatable bonds is 5. The highest BCUT2D eigenvalue weighted by atomic mass is 32.1. The van der Waals surface area contributed by atoms with E-state index in [1.807, 2.05) is 0 Å². The molecule has 1 atom stereocenters. The Kier molecular flexibility index (Phi) is 5.48. The number of hydrogen-bond acceptors (Lipinski definition) is 4. The number of nitrogens with two attached hydrogens (primary N) is 1. The summed E-state index contributed by atoms with van der Waals surface area (Å²) in [4.78, 5) is 31.6. The minimum Gasteiger partial charge on any atom is -0.370 e. The predicted molar refractivity (Wildman–Crippen MR) is 111 cm³/mol. The molecule has 1 unspecified atom stereocenters. The van der Waals surface area contributed by atoms with Crippen molar-refractivity contribution in [2.45, 2.75) is 79.2 Å². The first kappa shape index (κ1) is 20.1. The van der Waals surface area contributed by atoms with Crippen LogP contribution in [0.15, 0.2) is 4.79 Å². The first-order chi connectivity index (χ1) is 12.6. The molecular weight excluding hydrogens is 358 g/mol. The van der Waals surface area contributed by atoms with Crippen LogP contribution in [0.2, 0.25) is 0 Å². The van der Waals surface area contributed by atoms with E-state index in [4.69, 9.17) is 10.7 Å². The Morgan fingerprint density at radius 3 is 2.67 bits per heavy atom. The van der Waals surface area contributed by atoms with Crippen molar-refractivity contribution in [3.63, 3.8) is 0 Å². The maximum absolute atomic E-state index is 13.4. The minimum absolute atomic E-state index is 0.0554. The molecule has 1 aliphatic carbocycles. The van der Waals surface area contributed by atoms with Gasteiger partial charge in [0.15, 0.2) is 0 Å². The van der Waals surface area contributed by atoms with E-state index >= 15 is 0 Å². The molecule has 2 heterocycles. The second-order valence-electron chi connectivity index (χ2n) is 9.14. The van der Waals surface area contributed by atoms with Gasteiger partial charge in [0, 0.05) is 23.8 Å². The summed E-state index contributed by atoms with van der Waals surface area (Å²) < 4.78 is 1.78. The fourth-order valence-corrected chi connectivity index (χ4v) is 5.38. The van der Waals surface area contributed by atoms with Crippen molar-refractivity contribution in [3.05, 3.63) is 26.6 Å². The lowest BCUT2D eigenvalue weighted by Crippen LogP contribution is -2.28. The number of carbonyl (C=O) groups excluding carboxylic acids is 1. The lowest BCUT2D eigenvalue weighted by molar-refractivity contribution is -0.118. The number of fused-ring (bicyclic) bond motifs is 3. The van der Waals surface area contributed by atoms with Crippen LogP contribution in [0.3, 0.4) is 0 Å². The van der Waals surface area contributed by atoms with E-state index in [2.05, 4.69) is 34.6 Å². The highest BCUT2D eigenvalue weighted by Gasteiger charge is 2.32. The Morgan fingerprint density at radius 1 is 1.37 bits per heavy atom. The fraction of sp³-hybridized carbons (Fsp3) is 0.667. The lowest BCUT2D eigenvalue weighted by Gasteiger charge is -2.33. The Bertz CT molecular complexity index is 918. The number of aromatic nitrogens is 2. The van der Waals surface area contributed by atoms with E-state index in [0.717, 1.165) is 35.3 Å². The number of hydrogen-bond donors (Lipinski definition) is 1. The second kappa shape index (κ2) is 7.38. The molecule has 6 heteroatoms. The van der Waals surface area contributed by atoms with E-state index < -0.39 is 0 Å². The average Bonchev–Trinajstić information content (AvgIpc) is 2.93. The van der Waals surface area contributed by atoms with Crippen molar-refractivity contribution >= 4 is 27.5 Å². The number of primary amides is 1. The van der Waals surface area contributed by atoms with Crippen LogP contribution >= 0.6 is 11.3 Å². The summed E-state index contributed by atoms with van der Waals surface area (Å²) in [5.74, 6) is 1.27. The smallest absolute Gasteiger partial charge is 0.262 e. The van der Waals surface area contributed by atoms with Crippen LogP contribution in [0.1, 0.15) is 76.1 Å². The van der Waals surface area contributed by atoms with E-state index in [0.29, 0.717) is 18.9 Å². The van der Waals surface area contributed by atoms with Crippen molar-refractivity contribution < 1.29 is 4.79 Å². The van der Waals surface area contributed by atoms with E-state index in [1.165, 1.54) is 10.4 Å². The summed E-state index contributed by atoms with van der Waals surface area (Å²) in [7, 11) is 0. The molecule has 148 valence electrons. The van der Waals surface area contributed by atoms with Crippen molar-refractivity contribution in [2.24, 2.45) is 17.1 Å². The molecule has 1 aliphatic rings. The molecule has 5 nitrogen and oxygen atoms in total. The topological polar surface area (TPSA) is 78.0 Å². The molecule has 2 aromatic rings. The summed E-state index contributed by atoms with van der Waals surface area (Å²) in [6.07, 6.45) is 3.97. The van der Waals surface area contributed by atoms with Crippen LogP contribution in [0.5, 0.6) is 0 Å². The Labute approximate surface area is 165 Å². The van der Waals surface area contributed by atoms with Crippen LogP contribution in [0.4, 0.5) is 0 Å². The second-order valence-corrected chi connectivity index (χ2v) is 10.2. The molecule has 0 saturated carbocycles. The number of thiophene rings is 1. The van der Waals surface area contributed by atoms with Gasteiger partial charge in [-0.25, -0.2) is 4.98 Å². The van der Waals surface area contributed by atoms with Crippen molar-refractivity contribution in [3.8, 4) is 0 Å². The zero-order chi connectivity index (χ0) is 19.9. The summed E-state index contributed by atoms with van der Waals surface area (Å²) in [5.41, 5.74) is 6.81. The zero-order valence-electron chi connectivity index (χ0n) is 17.1. The fourth-order valence-electron chi connectivity index (χ4n) is 4.08. The third-order valence-electron chi connectivity index (χ3n) is 5.74. The molecule has 0 aromatic carbocycles. The quantitative estimate of drug-likeness (QED) is 0.839. The molecule has 0 radical (unpaired) electrons. The maximum Gasteiger partial charge on any atom is 0.262 e. The molecule has 1 amide bonds. The molecule has 27 heavy (non-hydrogen) atoms. The van der Waals surface area contributed by atoms with Crippen LogP contribution in [-0.4, -0.2) is 15.5 Å². The molecule has 2 aromatic heterocycles. The van der Waals surface area contributed by atoms with Crippen LogP contribution < -0.4 is 11.3 Å². The van der Waals surface area contributed by atoms with Gasteiger partial charge in [-0.05, 0) is 42.6 Å². The maximum atomic E-state index is 13.4. The van der Waals surface area contributed by atoms with Gasteiger partial charge in [0.2, 0.25) is 5.91 Å². The van der Waals surface area contributed by atoms with Crippen molar-refractivity contribution in [1.82, 2.24) is 9.55 Å². The average molecular weight is 390 g/mol. The number of amides is 1. The molecule has 2 N–H and O–H groups in total. The van der Waals surface area contributed by atoms with Gasteiger partial charge in [-0.2, -0.15) is 0 Å². The van der Waals surface area contributed by atoms with Crippen molar-refractivity contribution in [2.75, 3.05) is 0 Å². The summed E-state index contributed by atoms with van der Waals surface area (Å²) >= 11 is 1.70. The Hall–Kier alpha value is -1.69. The minimum atomic E-state index is -0.329. The highest BCUT2D eigenvalue weighted by Crippen LogP contribution is 2.42. The molecule has 0 spiro atoms. The van der Waals surface area contributed by atoms with E-state index in [9.17, 15) is 9.59 Å². The highest BCUT2D eigenvalue weighted by molar-refractivity contribution is 7.18. The molecule has 0 bridgehead atoms. The van der Waals surface area contributed by atoms with Gasteiger partial charge < -0.3 is 5.73 Å². The number of nitrogens with zero attached hydrogens (tertiary/aromatic N) is 2. The molecular formula is C21H31N3O2S. The normalized spacial score (nSPS) is 17.5. The van der Waals surface area contributed by atoms with Gasteiger partial charge in [-0.1, -0.05) is 34.6 Å². The number of aryl methyl sites for hydroxylation is 1. The predicted octanol–water partition coefficient (Wildman–Crippen LogP) is 4.00. The first-order valence-electron chi connectivity index (χ1n) is 9.93. The molecule has 0 fully saturated rings. The molecule has 0 aliphatic heterocycles. The van der Waals surface area contributed by atoms with Crippen molar-refractivity contribution in [1.29, 1.82) is 0 Å². The third-order valence-corrected chi connectivity index (χ3v) is 6.89. The van der Waals surface area contributed by atoms with E-state index in [1.54, 1.807) is 15.9 Å². The molecule has 0 saturated heterocycles. The first-order valence-corrected chi connectivity index (χ1v) is 10.7. The summed E-state index contributed by atoms with van der Waals surface area (Å²) in [6.45, 7) is 11.5. The standard InChI is InChI=1S/C21H31N3O2S/c1-12(2)18-23-19-17(20(26)24(18)10-6-7-16(22)25)14-9-8-13(21(3,4)5)11-15(14)27-19/h12-13H,6-11H2,1-5H3,(H2,22,25). The van der Waals surface area contributed by atoms with Gasteiger partial charge in [-0.15, -0.1) is 11.3 Å². The zero-order valence-corrected chi connectivity index (χ0v) is 17.9. The monoisotopic (exact) mass is 389 g/mol. The van der Waals surface area contributed by atoms with Gasteiger partial charge in [0.05, 0.1) is 5.39 Å². The van der Waals surface area contributed by atoms with Gasteiger partial charge in [0.1, 0.15) is 10.7 Å². The third kappa shape index (κ3) is 3.96. The van der Waals surface area contributed by atoms with Crippen LogP contribution in [0, 0.1) is 11.3 Å². The Morgan fingerprint density at radius 2 is 2.07 bits per heavy atom. The summed E-state index contributed by atoms with van der Waals surface area (Å²) in [5, 5.41) is 0.811. The largest absolute Gasteiger partial charge is 0.370 e. The Balaban J connectivity index is 2.07. The number of carbonyl (C=O) groups is 1. The molecule has 3 rings (SSSR count). The lowest BCUT2D eigenvalue weighted by atomic mass is 9.72. The van der Waals surface area contributed by atoms with Gasteiger partial charge in [0.25, 0.3) is 5.56 Å². The van der Waals surface area contributed by atoms with E-state index in [-0.39, 0.29) is 29.2 Å². The SMILES string of the molecule is CC(C)c1nc2sc3c(c2c(=O)n1CCCC(N)=O)CCC(C(C)(C)C)C3.